The van der Waals surface area contributed by atoms with Crippen LogP contribution in [0.3, 0.4) is 0 Å². The number of rotatable bonds is 6. The molecule has 1 saturated heterocycles. The number of aromatic nitrogens is 1. The van der Waals surface area contributed by atoms with E-state index in [1.807, 2.05) is 17.0 Å². The molecule has 1 N–H and O–H groups in total. The molecule has 2 atom stereocenters. The lowest BCUT2D eigenvalue weighted by Crippen LogP contribution is -2.45. The summed E-state index contributed by atoms with van der Waals surface area (Å²) in [6.45, 7) is 0.756. The second-order valence-electron chi connectivity index (χ2n) is 11.4. The number of nitriles is 1. The highest BCUT2D eigenvalue weighted by molar-refractivity contribution is 7.91. The molecule has 3 aliphatic rings. The van der Waals surface area contributed by atoms with E-state index < -0.39 is 57.7 Å². The first-order valence-electron chi connectivity index (χ1n) is 13.9. The van der Waals surface area contributed by atoms with E-state index in [9.17, 15) is 31.6 Å². The van der Waals surface area contributed by atoms with Gasteiger partial charge in [0.1, 0.15) is 22.8 Å². The van der Waals surface area contributed by atoms with Crippen LogP contribution in [0, 0.1) is 23.1 Å². The molecular formula is C30H29F3N4O4S. The molecule has 42 heavy (non-hydrogen) atoms. The maximum absolute atomic E-state index is 14.7. The van der Waals surface area contributed by atoms with E-state index in [1.54, 1.807) is 12.1 Å². The van der Waals surface area contributed by atoms with Crippen LogP contribution in [0.4, 0.5) is 18.9 Å². The zero-order chi connectivity index (χ0) is 29.7. The minimum absolute atomic E-state index is 0.0317. The lowest BCUT2D eigenvalue weighted by atomic mass is 9.74. The molecule has 0 radical (unpaired) electrons. The third-order valence-corrected chi connectivity index (χ3v) is 10.0. The number of carbonyl (C=O) groups is 1. The van der Waals surface area contributed by atoms with Gasteiger partial charge >= 0.3 is 0 Å². The zero-order valence-corrected chi connectivity index (χ0v) is 23.5. The third kappa shape index (κ3) is 5.75. The van der Waals surface area contributed by atoms with E-state index in [0.717, 1.165) is 5.69 Å². The molecular weight excluding hydrogens is 569 g/mol. The van der Waals surface area contributed by atoms with Gasteiger partial charge in [-0.3, -0.25) is 4.79 Å². The van der Waals surface area contributed by atoms with Crippen molar-refractivity contribution in [3.63, 3.8) is 0 Å². The van der Waals surface area contributed by atoms with Gasteiger partial charge in [-0.25, -0.2) is 26.6 Å². The first-order chi connectivity index (χ1) is 20.0. The highest BCUT2D eigenvalue weighted by Gasteiger charge is 2.51. The largest absolute Gasteiger partial charge is 0.440 e. The predicted octanol–water partition coefficient (Wildman–Crippen LogP) is 5.07. The van der Waals surface area contributed by atoms with Gasteiger partial charge in [-0.1, -0.05) is 12.1 Å². The Kier molecular flexibility index (Phi) is 7.04. The summed E-state index contributed by atoms with van der Waals surface area (Å²) >= 11 is 0. The number of amides is 1. The van der Waals surface area contributed by atoms with Crippen LogP contribution in [-0.2, 0) is 14.6 Å². The number of alkyl halides is 2. The van der Waals surface area contributed by atoms with Crippen LogP contribution in [0.1, 0.15) is 43.8 Å². The SMILES string of the molecule is N#CC1(NC(=O)[C@@H]2CC(F)(F)CC[C@H]2c2oc(-c3ccc(F)cc3)nc2-c2ccc(N3CCS(=O)(=O)CC3)cc2)CC1. The van der Waals surface area contributed by atoms with Crippen LogP contribution in [0.2, 0.25) is 0 Å². The Balaban J connectivity index is 1.37. The number of anilines is 1. The van der Waals surface area contributed by atoms with E-state index in [-0.39, 0.29) is 29.6 Å². The number of benzene rings is 2. The van der Waals surface area contributed by atoms with E-state index in [2.05, 4.69) is 11.4 Å². The second kappa shape index (κ2) is 10.5. The second-order valence-corrected chi connectivity index (χ2v) is 13.7. The molecule has 3 aromatic rings. The Morgan fingerprint density at radius 2 is 1.67 bits per heavy atom. The van der Waals surface area contributed by atoms with Crippen LogP contribution >= 0.6 is 0 Å². The fraction of sp³-hybridized carbons (Fsp3) is 0.433. The number of nitrogens with zero attached hydrogens (tertiary/aromatic N) is 3. The summed E-state index contributed by atoms with van der Waals surface area (Å²) in [6, 6.07) is 14.9. The first kappa shape index (κ1) is 28.3. The molecule has 12 heteroatoms. The molecule has 2 aliphatic carbocycles. The smallest absolute Gasteiger partial charge is 0.249 e. The summed E-state index contributed by atoms with van der Waals surface area (Å²) in [5.74, 6) is -5.39. The number of oxazole rings is 1. The number of hydrogen-bond acceptors (Lipinski definition) is 7. The summed E-state index contributed by atoms with van der Waals surface area (Å²) in [6.07, 6.45) is -0.210. The topological polar surface area (TPSA) is 116 Å². The number of nitrogens with one attached hydrogen (secondary N) is 1. The molecule has 6 rings (SSSR count). The van der Waals surface area contributed by atoms with E-state index in [1.165, 1.54) is 24.3 Å². The van der Waals surface area contributed by atoms with E-state index >= 15 is 0 Å². The highest BCUT2D eigenvalue weighted by Crippen LogP contribution is 2.49. The van der Waals surface area contributed by atoms with Gasteiger partial charge in [0.05, 0.1) is 23.5 Å². The van der Waals surface area contributed by atoms with E-state index in [0.29, 0.717) is 42.8 Å². The number of carbonyl (C=O) groups excluding carboxylic acids is 1. The predicted molar refractivity (Wildman–Crippen MR) is 149 cm³/mol. The van der Waals surface area contributed by atoms with Crippen molar-refractivity contribution in [3.8, 4) is 28.8 Å². The van der Waals surface area contributed by atoms with Gasteiger partial charge in [-0.2, -0.15) is 5.26 Å². The molecule has 2 aromatic carbocycles. The minimum atomic E-state index is -3.05. The molecule has 1 aromatic heterocycles. The number of halogens is 3. The van der Waals surface area contributed by atoms with Crippen LogP contribution in [0.5, 0.6) is 0 Å². The molecule has 1 amide bonds. The van der Waals surface area contributed by atoms with Crippen molar-refractivity contribution in [3.05, 3.63) is 60.1 Å². The summed E-state index contributed by atoms with van der Waals surface area (Å²) in [7, 11) is -3.04. The fourth-order valence-corrected chi connectivity index (χ4v) is 6.95. The van der Waals surface area contributed by atoms with Crippen LogP contribution in [0.15, 0.2) is 52.9 Å². The van der Waals surface area contributed by atoms with Crippen LogP contribution in [0.25, 0.3) is 22.7 Å². The zero-order valence-electron chi connectivity index (χ0n) is 22.7. The minimum Gasteiger partial charge on any atom is -0.440 e. The van der Waals surface area contributed by atoms with Gasteiger partial charge in [0, 0.05) is 48.7 Å². The maximum Gasteiger partial charge on any atom is 0.249 e. The lowest BCUT2D eigenvalue weighted by Gasteiger charge is -2.34. The molecule has 220 valence electrons. The molecule has 1 aliphatic heterocycles. The first-order valence-corrected chi connectivity index (χ1v) is 15.7. The summed E-state index contributed by atoms with van der Waals surface area (Å²) in [5.41, 5.74) is 1.32. The van der Waals surface area contributed by atoms with Crippen LogP contribution in [-0.4, -0.2) is 55.4 Å². The normalized spacial score (nSPS) is 24.0. The molecule has 0 spiro atoms. The van der Waals surface area contributed by atoms with Crippen molar-refractivity contribution in [2.24, 2.45) is 5.92 Å². The van der Waals surface area contributed by atoms with Gasteiger partial charge in [-0.15, -0.1) is 0 Å². The van der Waals surface area contributed by atoms with Gasteiger partial charge in [0.25, 0.3) is 0 Å². The Morgan fingerprint density at radius 1 is 1.02 bits per heavy atom. The molecule has 2 heterocycles. The maximum atomic E-state index is 14.7. The summed E-state index contributed by atoms with van der Waals surface area (Å²) in [4.78, 5) is 20.0. The average Bonchev–Trinajstić information content (AvgIpc) is 3.60. The molecule has 0 bridgehead atoms. The van der Waals surface area contributed by atoms with Gasteiger partial charge in [0.2, 0.25) is 17.7 Å². The van der Waals surface area contributed by atoms with Gasteiger partial charge < -0.3 is 14.6 Å². The molecule has 0 unspecified atom stereocenters. The molecule has 2 saturated carbocycles. The Bertz CT molecular complexity index is 1630. The van der Waals surface area contributed by atoms with Gasteiger partial charge in [0.15, 0.2) is 9.84 Å². The monoisotopic (exact) mass is 598 g/mol. The Hall–Kier alpha value is -3.85. The summed E-state index contributed by atoms with van der Waals surface area (Å²) in [5, 5.41) is 12.2. The highest BCUT2D eigenvalue weighted by atomic mass is 32.2. The lowest BCUT2D eigenvalue weighted by molar-refractivity contribution is -0.134. The van der Waals surface area contributed by atoms with Crippen molar-refractivity contribution in [1.82, 2.24) is 10.3 Å². The fourth-order valence-electron chi connectivity index (χ4n) is 5.75. The Labute approximate surface area is 241 Å². The standard InChI is InChI=1S/C30H29F3N4O4S/c31-21-5-1-20(2-6-21)28-35-25(19-3-7-22(8-4-19)37-13-15-42(39,40)16-14-37)26(41-28)23-9-10-30(32,33)17-24(23)27(38)36-29(18-34)11-12-29/h1-8,23-24H,9-17H2,(H,36,38)/t23-,24-/m1/s1. The number of sulfone groups is 1. The number of hydrogen-bond donors (Lipinski definition) is 1. The van der Waals surface area contributed by atoms with E-state index in [4.69, 9.17) is 9.40 Å². The van der Waals surface area contributed by atoms with Crippen LogP contribution < -0.4 is 10.2 Å². The Morgan fingerprint density at radius 3 is 2.29 bits per heavy atom. The molecule has 8 nitrogen and oxygen atoms in total. The average molecular weight is 599 g/mol. The van der Waals surface area contributed by atoms with Crippen molar-refractivity contribution >= 4 is 21.4 Å². The quantitative estimate of drug-likeness (QED) is 0.421. The summed E-state index contributed by atoms with van der Waals surface area (Å²) < 4.78 is 72.9. The molecule has 3 fully saturated rings. The van der Waals surface area contributed by atoms with Crippen molar-refractivity contribution in [1.29, 1.82) is 5.26 Å². The van der Waals surface area contributed by atoms with Crippen molar-refractivity contribution < 1.29 is 30.8 Å². The third-order valence-electron chi connectivity index (χ3n) is 8.42. The van der Waals surface area contributed by atoms with Gasteiger partial charge in [-0.05, 0) is 55.7 Å². The van der Waals surface area contributed by atoms with Crippen molar-refractivity contribution in [2.75, 3.05) is 29.5 Å². The van der Waals surface area contributed by atoms with Crippen molar-refractivity contribution in [2.45, 2.75) is 49.5 Å².